The molecule has 90 valence electrons. The topological polar surface area (TPSA) is 26.0 Å². The zero-order valence-electron chi connectivity index (χ0n) is 10.1. The maximum Gasteiger partial charge on any atom is 0.137 e. The van der Waals surface area contributed by atoms with Crippen LogP contribution in [0.25, 0.3) is 0 Å². The second-order valence-corrected chi connectivity index (χ2v) is 6.23. The maximum atomic E-state index is 13.3. The van der Waals surface area contributed by atoms with E-state index in [1.54, 1.807) is 6.07 Å². The van der Waals surface area contributed by atoms with E-state index >= 15 is 0 Å². The van der Waals surface area contributed by atoms with Crippen molar-refractivity contribution in [3.8, 4) is 0 Å². The van der Waals surface area contributed by atoms with Crippen molar-refractivity contribution < 1.29 is 4.39 Å². The van der Waals surface area contributed by atoms with E-state index < -0.39 is 0 Å². The van der Waals surface area contributed by atoms with E-state index in [2.05, 4.69) is 36.7 Å². The van der Waals surface area contributed by atoms with Gasteiger partial charge in [-0.2, -0.15) is 0 Å². The number of halogens is 2. The zero-order chi connectivity index (χ0) is 12.3. The van der Waals surface area contributed by atoms with Crippen molar-refractivity contribution in [2.45, 2.75) is 39.7 Å². The van der Waals surface area contributed by atoms with Crippen LogP contribution in [0.3, 0.4) is 0 Å². The number of benzene rings is 1. The molecule has 0 aliphatic rings. The van der Waals surface area contributed by atoms with Crippen LogP contribution in [0, 0.1) is 11.2 Å². The summed E-state index contributed by atoms with van der Waals surface area (Å²) in [4.78, 5) is 0. The first kappa shape index (κ1) is 13.7. The quantitative estimate of drug-likeness (QED) is 0.897. The van der Waals surface area contributed by atoms with Gasteiger partial charge in [-0.1, -0.05) is 32.9 Å². The van der Waals surface area contributed by atoms with Gasteiger partial charge in [0.15, 0.2) is 0 Å². The maximum absolute atomic E-state index is 13.3. The smallest absolute Gasteiger partial charge is 0.137 e. The van der Waals surface area contributed by atoms with Crippen LogP contribution < -0.4 is 5.73 Å². The van der Waals surface area contributed by atoms with Crippen molar-refractivity contribution in [3.63, 3.8) is 0 Å². The Hall–Kier alpha value is -0.410. The molecule has 1 atom stereocenters. The third-order valence-corrected chi connectivity index (χ3v) is 3.28. The van der Waals surface area contributed by atoms with Gasteiger partial charge in [-0.25, -0.2) is 4.39 Å². The van der Waals surface area contributed by atoms with Gasteiger partial charge in [0.05, 0.1) is 4.47 Å². The van der Waals surface area contributed by atoms with E-state index in [-0.39, 0.29) is 17.3 Å². The highest BCUT2D eigenvalue weighted by atomic mass is 79.9. The average Bonchev–Trinajstić information content (AvgIpc) is 2.09. The summed E-state index contributed by atoms with van der Waals surface area (Å²) in [6, 6.07) is 5.15. The molecule has 0 saturated carbocycles. The molecule has 2 N–H and O–H groups in total. The first-order valence-electron chi connectivity index (χ1n) is 5.48. The standard InChI is InChI=1S/C13H19BrFN/c1-13(2,3)8-10(16)7-9-5-4-6-11(15)12(9)14/h4-6,10H,7-8,16H2,1-3H3. The zero-order valence-corrected chi connectivity index (χ0v) is 11.6. The molecule has 3 heteroatoms. The summed E-state index contributed by atoms with van der Waals surface area (Å²) in [6.45, 7) is 6.48. The van der Waals surface area contributed by atoms with Gasteiger partial charge in [0, 0.05) is 6.04 Å². The van der Waals surface area contributed by atoms with Crippen LogP contribution in [0.4, 0.5) is 4.39 Å². The summed E-state index contributed by atoms with van der Waals surface area (Å²) in [5, 5.41) is 0. The van der Waals surface area contributed by atoms with Crippen molar-refractivity contribution in [2.24, 2.45) is 11.1 Å². The predicted octanol–water partition coefficient (Wildman–Crippen LogP) is 3.89. The Morgan fingerprint density at radius 1 is 1.38 bits per heavy atom. The van der Waals surface area contributed by atoms with E-state index in [0.717, 1.165) is 12.0 Å². The lowest BCUT2D eigenvalue weighted by Crippen LogP contribution is -2.28. The van der Waals surface area contributed by atoms with Crippen LogP contribution in [0.15, 0.2) is 22.7 Å². The Morgan fingerprint density at radius 3 is 2.56 bits per heavy atom. The Kier molecular flexibility index (Phi) is 4.51. The molecule has 0 aliphatic carbocycles. The Labute approximate surface area is 105 Å². The molecule has 0 radical (unpaired) electrons. The Balaban J connectivity index is 2.70. The highest BCUT2D eigenvalue weighted by molar-refractivity contribution is 9.10. The number of nitrogens with two attached hydrogens (primary N) is 1. The molecule has 16 heavy (non-hydrogen) atoms. The van der Waals surface area contributed by atoms with Crippen molar-refractivity contribution in [3.05, 3.63) is 34.1 Å². The van der Waals surface area contributed by atoms with Crippen LogP contribution in [0.2, 0.25) is 0 Å². The van der Waals surface area contributed by atoms with E-state index in [1.165, 1.54) is 6.07 Å². The minimum atomic E-state index is -0.222. The van der Waals surface area contributed by atoms with Gasteiger partial charge in [-0.15, -0.1) is 0 Å². The second-order valence-electron chi connectivity index (χ2n) is 5.44. The molecule has 0 aliphatic heterocycles. The first-order valence-corrected chi connectivity index (χ1v) is 6.27. The van der Waals surface area contributed by atoms with E-state index in [1.807, 2.05) is 6.07 Å². The summed E-state index contributed by atoms with van der Waals surface area (Å²) in [6.07, 6.45) is 1.63. The monoisotopic (exact) mass is 287 g/mol. The lowest BCUT2D eigenvalue weighted by molar-refractivity contribution is 0.338. The molecule has 1 rings (SSSR count). The molecule has 0 amide bonds. The number of hydrogen-bond donors (Lipinski definition) is 1. The highest BCUT2D eigenvalue weighted by Gasteiger charge is 2.17. The van der Waals surface area contributed by atoms with Crippen LogP contribution in [-0.2, 0) is 6.42 Å². The van der Waals surface area contributed by atoms with Crippen LogP contribution >= 0.6 is 15.9 Å². The second kappa shape index (κ2) is 5.28. The minimum Gasteiger partial charge on any atom is -0.327 e. The summed E-state index contributed by atoms with van der Waals surface area (Å²) < 4.78 is 13.8. The Bertz CT molecular complexity index is 357. The molecule has 1 nitrogen and oxygen atoms in total. The SMILES string of the molecule is CC(C)(C)CC(N)Cc1cccc(F)c1Br. The summed E-state index contributed by atoms with van der Waals surface area (Å²) in [7, 11) is 0. The van der Waals surface area contributed by atoms with Gasteiger partial charge >= 0.3 is 0 Å². The molecule has 1 aromatic rings. The largest absolute Gasteiger partial charge is 0.327 e. The van der Waals surface area contributed by atoms with Crippen molar-refractivity contribution in [1.29, 1.82) is 0 Å². The van der Waals surface area contributed by atoms with Crippen molar-refractivity contribution in [2.75, 3.05) is 0 Å². The fourth-order valence-corrected chi connectivity index (χ4v) is 2.27. The number of hydrogen-bond acceptors (Lipinski definition) is 1. The van der Waals surface area contributed by atoms with Crippen LogP contribution in [0.5, 0.6) is 0 Å². The van der Waals surface area contributed by atoms with Crippen molar-refractivity contribution in [1.82, 2.24) is 0 Å². The number of rotatable bonds is 3. The molecule has 1 aromatic carbocycles. The highest BCUT2D eigenvalue weighted by Crippen LogP contribution is 2.25. The summed E-state index contributed by atoms with van der Waals surface area (Å²) in [5.74, 6) is -0.222. The predicted molar refractivity (Wildman–Crippen MR) is 69.9 cm³/mol. The fraction of sp³-hybridized carbons (Fsp3) is 0.538. The van der Waals surface area contributed by atoms with Gasteiger partial charge < -0.3 is 5.73 Å². The van der Waals surface area contributed by atoms with Gasteiger partial charge in [-0.05, 0) is 45.8 Å². The lowest BCUT2D eigenvalue weighted by atomic mass is 9.86. The third kappa shape index (κ3) is 4.22. The third-order valence-electron chi connectivity index (χ3n) is 2.39. The molecule has 0 fully saturated rings. The first-order chi connectivity index (χ1) is 7.29. The molecular weight excluding hydrogens is 269 g/mol. The van der Waals surface area contributed by atoms with Gasteiger partial charge in [0.2, 0.25) is 0 Å². The normalized spacial score (nSPS) is 13.9. The fourth-order valence-electron chi connectivity index (χ4n) is 1.85. The lowest BCUT2D eigenvalue weighted by Gasteiger charge is -2.23. The van der Waals surface area contributed by atoms with E-state index in [9.17, 15) is 4.39 Å². The van der Waals surface area contributed by atoms with Crippen LogP contribution in [-0.4, -0.2) is 6.04 Å². The molecule has 1 unspecified atom stereocenters. The summed E-state index contributed by atoms with van der Waals surface area (Å²) >= 11 is 3.26. The van der Waals surface area contributed by atoms with Gasteiger partial charge in [-0.3, -0.25) is 0 Å². The Morgan fingerprint density at radius 2 is 2.00 bits per heavy atom. The van der Waals surface area contributed by atoms with E-state index in [0.29, 0.717) is 10.9 Å². The van der Waals surface area contributed by atoms with E-state index in [4.69, 9.17) is 5.73 Å². The summed E-state index contributed by atoms with van der Waals surface area (Å²) in [5.41, 5.74) is 7.22. The molecule has 0 heterocycles. The minimum absolute atomic E-state index is 0.0677. The molecule has 0 bridgehead atoms. The molecule has 0 aromatic heterocycles. The van der Waals surface area contributed by atoms with Crippen molar-refractivity contribution >= 4 is 15.9 Å². The molecular formula is C13H19BrFN. The molecule has 0 spiro atoms. The van der Waals surface area contributed by atoms with Gasteiger partial charge in [0.25, 0.3) is 0 Å². The molecule has 0 saturated heterocycles. The van der Waals surface area contributed by atoms with Crippen LogP contribution in [0.1, 0.15) is 32.8 Å². The average molecular weight is 288 g/mol. The van der Waals surface area contributed by atoms with Gasteiger partial charge in [0.1, 0.15) is 5.82 Å².